The molecule has 0 bridgehead atoms. The van der Waals surface area contributed by atoms with Crippen molar-refractivity contribution >= 4 is 11.9 Å². The average molecular weight is 280 g/mol. The van der Waals surface area contributed by atoms with Crippen molar-refractivity contribution in [2.75, 3.05) is 0 Å². The van der Waals surface area contributed by atoms with Crippen molar-refractivity contribution in [1.29, 1.82) is 0 Å². The molecule has 20 heavy (non-hydrogen) atoms. The van der Waals surface area contributed by atoms with Gasteiger partial charge in [-0.3, -0.25) is 9.59 Å². The molecule has 0 saturated carbocycles. The van der Waals surface area contributed by atoms with Crippen LogP contribution in [0.3, 0.4) is 0 Å². The lowest BCUT2D eigenvalue weighted by atomic mass is 10.3. The largest absolute Gasteiger partial charge is 0.491 e. The van der Waals surface area contributed by atoms with Gasteiger partial charge >= 0.3 is 11.9 Å². The Morgan fingerprint density at radius 3 is 2.05 bits per heavy atom. The van der Waals surface area contributed by atoms with Gasteiger partial charge in [-0.15, -0.1) is 0 Å². The van der Waals surface area contributed by atoms with Crippen molar-refractivity contribution in [2.24, 2.45) is 0 Å². The zero-order chi connectivity index (χ0) is 15.1. The minimum absolute atomic E-state index is 0.00577. The quantitative estimate of drug-likeness (QED) is 0.592. The molecule has 0 atom stereocenters. The summed E-state index contributed by atoms with van der Waals surface area (Å²) in [6.07, 6.45) is 0.468. The minimum Gasteiger partial charge on any atom is -0.491 e. The maximum atomic E-state index is 11.4. The number of benzene rings is 1. The van der Waals surface area contributed by atoms with Crippen LogP contribution in [0, 0.1) is 0 Å². The van der Waals surface area contributed by atoms with E-state index < -0.39 is 11.9 Å². The number of esters is 2. The lowest BCUT2D eigenvalue weighted by Crippen LogP contribution is -2.11. The second-order valence-corrected chi connectivity index (χ2v) is 4.43. The maximum Gasteiger partial charge on any atom is 0.311 e. The molecule has 0 spiro atoms. The predicted molar refractivity (Wildman–Crippen MR) is 74.1 cm³/mol. The highest BCUT2D eigenvalue weighted by atomic mass is 16.6. The van der Waals surface area contributed by atoms with E-state index in [1.165, 1.54) is 0 Å². The van der Waals surface area contributed by atoms with Gasteiger partial charge in [0.1, 0.15) is 5.75 Å². The Morgan fingerprint density at radius 2 is 1.55 bits per heavy atom. The fourth-order valence-corrected chi connectivity index (χ4v) is 1.39. The highest BCUT2D eigenvalue weighted by molar-refractivity contribution is 5.76. The third-order valence-corrected chi connectivity index (χ3v) is 2.31. The molecule has 0 fully saturated rings. The van der Waals surface area contributed by atoms with Gasteiger partial charge in [-0.2, -0.15) is 0 Å². The Labute approximate surface area is 118 Å². The van der Waals surface area contributed by atoms with Crippen LogP contribution in [-0.2, 0) is 9.59 Å². The molecule has 110 valence electrons. The standard InChI is InChI=1S/C15H20O5/c1-5-14(16)19-12-8-7-11(18-10(3)4)9-13(12)20-15(17)6-2/h7-10H,5-6H2,1-4H3. The third-order valence-electron chi connectivity index (χ3n) is 2.31. The summed E-state index contributed by atoms with van der Waals surface area (Å²) in [6, 6.07) is 4.77. The normalized spacial score (nSPS) is 10.2. The summed E-state index contributed by atoms with van der Waals surface area (Å²) in [7, 11) is 0. The van der Waals surface area contributed by atoms with E-state index in [1.54, 1.807) is 32.0 Å². The van der Waals surface area contributed by atoms with Crippen LogP contribution in [0.5, 0.6) is 17.2 Å². The fraction of sp³-hybridized carbons (Fsp3) is 0.467. The molecule has 1 rings (SSSR count). The molecular formula is C15H20O5. The molecule has 0 N–H and O–H groups in total. The van der Waals surface area contributed by atoms with Gasteiger partial charge < -0.3 is 14.2 Å². The molecule has 0 aromatic heterocycles. The third kappa shape index (κ3) is 4.91. The van der Waals surface area contributed by atoms with Gasteiger partial charge in [0, 0.05) is 18.9 Å². The Kier molecular flexibility index (Phi) is 6.03. The van der Waals surface area contributed by atoms with Gasteiger partial charge in [0.15, 0.2) is 11.5 Å². The number of rotatable bonds is 6. The number of carbonyl (C=O) groups excluding carboxylic acids is 2. The van der Waals surface area contributed by atoms with E-state index in [2.05, 4.69) is 0 Å². The smallest absolute Gasteiger partial charge is 0.311 e. The summed E-state index contributed by atoms with van der Waals surface area (Å²) in [5, 5.41) is 0. The summed E-state index contributed by atoms with van der Waals surface area (Å²) in [4.78, 5) is 22.8. The summed E-state index contributed by atoms with van der Waals surface area (Å²) in [5.41, 5.74) is 0. The second kappa shape index (κ2) is 7.53. The van der Waals surface area contributed by atoms with Gasteiger partial charge in [-0.1, -0.05) is 13.8 Å². The second-order valence-electron chi connectivity index (χ2n) is 4.43. The summed E-state index contributed by atoms with van der Waals surface area (Å²) >= 11 is 0. The van der Waals surface area contributed by atoms with Crippen LogP contribution in [0.1, 0.15) is 40.5 Å². The molecule has 5 heteroatoms. The average Bonchev–Trinajstić information content (AvgIpc) is 2.40. The number of hydrogen-bond donors (Lipinski definition) is 0. The van der Waals surface area contributed by atoms with Crippen molar-refractivity contribution < 1.29 is 23.8 Å². The van der Waals surface area contributed by atoms with Crippen molar-refractivity contribution in [1.82, 2.24) is 0 Å². The van der Waals surface area contributed by atoms with E-state index in [1.807, 2.05) is 13.8 Å². The monoisotopic (exact) mass is 280 g/mol. The first-order chi connectivity index (χ1) is 9.46. The zero-order valence-electron chi connectivity index (χ0n) is 12.3. The topological polar surface area (TPSA) is 61.8 Å². The van der Waals surface area contributed by atoms with Gasteiger partial charge in [-0.05, 0) is 26.0 Å². The van der Waals surface area contributed by atoms with Crippen LogP contribution in [0.4, 0.5) is 0 Å². The summed E-state index contributed by atoms with van der Waals surface area (Å²) < 4.78 is 15.8. The van der Waals surface area contributed by atoms with Crippen LogP contribution < -0.4 is 14.2 Å². The fourth-order valence-electron chi connectivity index (χ4n) is 1.39. The molecular weight excluding hydrogens is 260 g/mol. The van der Waals surface area contributed by atoms with Crippen LogP contribution in [0.15, 0.2) is 18.2 Å². The van der Waals surface area contributed by atoms with E-state index in [-0.39, 0.29) is 30.4 Å². The molecule has 0 unspecified atom stereocenters. The van der Waals surface area contributed by atoms with E-state index in [0.29, 0.717) is 5.75 Å². The van der Waals surface area contributed by atoms with E-state index in [4.69, 9.17) is 14.2 Å². The van der Waals surface area contributed by atoms with Gasteiger partial charge in [-0.25, -0.2) is 0 Å². The van der Waals surface area contributed by atoms with Gasteiger partial charge in [0.05, 0.1) is 6.10 Å². The van der Waals surface area contributed by atoms with Crippen LogP contribution in [-0.4, -0.2) is 18.0 Å². The van der Waals surface area contributed by atoms with Gasteiger partial charge in [0.2, 0.25) is 0 Å². The molecule has 0 aliphatic carbocycles. The lowest BCUT2D eigenvalue weighted by Gasteiger charge is -2.14. The maximum absolute atomic E-state index is 11.4. The Bertz CT molecular complexity index is 479. The molecule has 0 radical (unpaired) electrons. The van der Waals surface area contributed by atoms with E-state index in [9.17, 15) is 9.59 Å². The molecule has 0 saturated heterocycles. The van der Waals surface area contributed by atoms with Crippen LogP contribution in [0.25, 0.3) is 0 Å². The molecule has 0 heterocycles. The molecule has 1 aromatic rings. The van der Waals surface area contributed by atoms with Crippen molar-refractivity contribution in [3.8, 4) is 17.2 Å². The first-order valence-corrected chi connectivity index (χ1v) is 6.68. The van der Waals surface area contributed by atoms with Crippen molar-refractivity contribution in [2.45, 2.75) is 46.6 Å². The van der Waals surface area contributed by atoms with E-state index in [0.717, 1.165) is 0 Å². The van der Waals surface area contributed by atoms with Crippen LogP contribution >= 0.6 is 0 Å². The highest BCUT2D eigenvalue weighted by Crippen LogP contribution is 2.32. The predicted octanol–water partition coefficient (Wildman–Crippen LogP) is 3.10. The molecule has 0 amide bonds. The van der Waals surface area contributed by atoms with Gasteiger partial charge in [0.25, 0.3) is 0 Å². The summed E-state index contributed by atoms with van der Waals surface area (Å²) in [5.74, 6) is 0.165. The zero-order valence-corrected chi connectivity index (χ0v) is 12.3. The number of ether oxygens (including phenoxy) is 3. The van der Waals surface area contributed by atoms with Crippen molar-refractivity contribution in [3.05, 3.63) is 18.2 Å². The molecule has 0 aliphatic heterocycles. The first-order valence-electron chi connectivity index (χ1n) is 6.68. The highest BCUT2D eigenvalue weighted by Gasteiger charge is 2.14. The van der Waals surface area contributed by atoms with Crippen LogP contribution in [0.2, 0.25) is 0 Å². The number of carbonyl (C=O) groups is 2. The molecule has 1 aromatic carbocycles. The summed E-state index contributed by atoms with van der Waals surface area (Å²) in [6.45, 7) is 7.16. The Balaban J connectivity index is 3.02. The Hall–Kier alpha value is -2.04. The number of hydrogen-bond acceptors (Lipinski definition) is 5. The SMILES string of the molecule is CCC(=O)Oc1ccc(OC(C)C)cc1OC(=O)CC. The minimum atomic E-state index is -0.402. The Morgan fingerprint density at radius 1 is 1.00 bits per heavy atom. The molecule has 0 aliphatic rings. The lowest BCUT2D eigenvalue weighted by molar-refractivity contribution is -0.136. The first kappa shape index (κ1) is 16.0. The van der Waals surface area contributed by atoms with Crippen molar-refractivity contribution in [3.63, 3.8) is 0 Å². The molecule has 5 nitrogen and oxygen atoms in total. The van der Waals surface area contributed by atoms with E-state index >= 15 is 0 Å².